The van der Waals surface area contributed by atoms with Crippen molar-refractivity contribution in [3.63, 3.8) is 0 Å². The van der Waals surface area contributed by atoms with Crippen molar-refractivity contribution < 1.29 is 9.59 Å². The summed E-state index contributed by atoms with van der Waals surface area (Å²) in [5.74, 6) is 2.38. The molecule has 6 nitrogen and oxygen atoms in total. The van der Waals surface area contributed by atoms with E-state index in [4.69, 9.17) is 0 Å². The van der Waals surface area contributed by atoms with Crippen LogP contribution < -0.4 is 10.6 Å². The van der Waals surface area contributed by atoms with E-state index < -0.39 is 0 Å². The van der Waals surface area contributed by atoms with Crippen LogP contribution in [0.1, 0.15) is 90.9 Å². The Hall–Kier alpha value is -0.980. The molecule has 2 fully saturated rings. The molecule has 33 heavy (non-hydrogen) atoms. The van der Waals surface area contributed by atoms with Crippen molar-refractivity contribution in [3.8, 4) is 0 Å². The van der Waals surface area contributed by atoms with Gasteiger partial charge in [0, 0.05) is 38.9 Å². The Labute approximate surface area is 203 Å². The van der Waals surface area contributed by atoms with Crippen LogP contribution >= 0.6 is 0 Å². The van der Waals surface area contributed by atoms with Crippen LogP contribution in [0.3, 0.4) is 0 Å². The molecule has 2 heterocycles. The summed E-state index contributed by atoms with van der Waals surface area (Å²) in [7, 11) is 0. The molecule has 6 heteroatoms. The summed E-state index contributed by atoms with van der Waals surface area (Å²) in [6, 6.07) is 0. The van der Waals surface area contributed by atoms with Gasteiger partial charge in [0.05, 0.1) is 0 Å². The number of nitrogens with zero attached hydrogens (tertiary/aromatic N) is 2. The van der Waals surface area contributed by atoms with E-state index in [1.807, 2.05) is 6.92 Å². The second-order valence-corrected chi connectivity index (χ2v) is 10.3. The van der Waals surface area contributed by atoms with Crippen LogP contribution in [0, 0.1) is 11.8 Å². The van der Waals surface area contributed by atoms with Crippen LogP contribution in [0.5, 0.6) is 0 Å². The minimum Gasteiger partial charge on any atom is -0.356 e. The topological polar surface area (TPSA) is 64.7 Å². The second kappa shape index (κ2) is 17.5. The van der Waals surface area contributed by atoms with Gasteiger partial charge in [-0.05, 0) is 89.6 Å². The molecule has 0 spiro atoms. The van der Waals surface area contributed by atoms with Crippen molar-refractivity contribution in [2.45, 2.75) is 90.9 Å². The molecule has 2 saturated heterocycles. The number of carbonyl (C=O) groups is 2. The number of amides is 1. The van der Waals surface area contributed by atoms with Crippen LogP contribution in [0.15, 0.2) is 0 Å². The molecule has 1 amide bonds. The van der Waals surface area contributed by atoms with E-state index in [2.05, 4.69) is 27.4 Å². The molecule has 0 radical (unpaired) electrons. The highest BCUT2D eigenvalue weighted by Crippen LogP contribution is 2.27. The van der Waals surface area contributed by atoms with E-state index in [9.17, 15) is 9.59 Å². The fraction of sp³-hybridized carbons (Fsp3) is 0.926. The highest BCUT2D eigenvalue weighted by atomic mass is 16.1. The lowest BCUT2D eigenvalue weighted by atomic mass is 9.87. The van der Waals surface area contributed by atoms with Crippen molar-refractivity contribution in [1.82, 2.24) is 20.4 Å². The fourth-order valence-corrected chi connectivity index (χ4v) is 5.24. The van der Waals surface area contributed by atoms with Crippen molar-refractivity contribution in [3.05, 3.63) is 0 Å². The lowest BCUT2D eigenvalue weighted by Crippen LogP contribution is -2.37. The third kappa shape index (κ3) is 12.9. The number of Topliss-reactive ketones (excluding diaryl/α,β-unsaturated/α-hetero) is 1. The first-order chi connectivity index (χ1) is 16.1. The summed E-state index contributed by atoms with van der Waals surface area (Å²) in [6.45, 7) is 13.5. The van der Waals surface area contributed by atoms with Crippen LogP contribution in [-0.4, -0.2) is 80.4 Å². The van der Waals surface area contributed by atoms with Gasteiger partial charge < -0.3 is 20.4 Å². The molecule has 2 aliphatic heterocycles. The van der Waals surface area contributed by atoms with E-state index in [-0.39, 0.29) is 5.91 Å². The van der Waals surface area contributed by atoms with Gasteiger partial charge in [-0.15, -0.1) is 0 Å². The van der Waals surface area contributed by atoms with Gasteiger partial charge in [0.2, 0.25) is 5.91 Å². The van der Waals surface area contributed by atoms with Gasteiger partial charge >= 0.3 is 0 Å². The maximum atomic E-state index is 12.1. The normalized spacial score (nSPS) is 19.1. The summed E-state index contributed by atoms with van der Waals surface area (Å²) >= 11 is 0. The highest BCUT2D eigenvalue weighted by Gasteiger charge is 2.22. The number of carbonyl (C=O) groups excluding carboxylic acids is 2. The van der Waals surface area contributed by atoms with Gasteiger partial charge in [-0.2, -0.15) is 0 Å². The maximum absolute atomic E-state index is 12.1. The Morgan fingerprint density at radius 1 is 0.758 bits per heavy atom. The fourth-order valence-electron chi connectivity index (χ4n) is 5.24. The number of ketones is 1. The summed E-state index contributed by atoms with van der Waals surface area (Å²) in [4.78, 5) is 28.6. The Kier molecular flexibility index (Phi) is 14.9. The number of nitrogens with one attached hydrogen (secondary N) is 2. The quantitative estimate of drug-likeness (QED) is 0.320. The minimum atomic E-state index is 0.204. The third-order valence-electron chi connectivity index (χ3n) is 7.67. The molecule has 0 unspecified atom stereocenters. The molecular formula is C27H52N4O2. The molecule has 0 atom stereocenters. The molecule has 0 bridgehead atoms. The van der Waals surface area contributed by atoms with Crippen molar-refractivity contribution >= 4 is 11.7 Å². The lowest BCUT2D eigenvalue weighted by Gasteiger charge is -2.33. The number of hydrogen-bond acceptors (Lipinski definition) is 5. The van der Waals surface area contributed by atoms with Crippen molar-refractivity contribution in [2.24, 2.45) is 11.8 Å². The standard InChI is InChI=1S/C27H52N4O2/c1-3-15-28-16-6-17-29-27(33)14-23-31-20-11-25(12-21-31)8-5-7-24-9-18-30(19-10-24)22-13-26(32)4-2/h24-25,28H,3-23H2,1-2H3,(H,29,33). The average molecular weight is 465 g/mol. The maximum Gasteiger partial charge on any atom is 0.221 e. The molecule has 0 aromatic carbocycles. The van der Waals surface area contributed by atoms with Gasteiger partial charge in [-0.1, -0.05) is 33.1 Å². The van der Waals surface area contributed by atoms with Gasteiger partial charge in [-0.25, -0.2) is 0 Å². The number of hydrogen-bond donors (Lipinski definition) is 2. The molecule has 0 aromatic rings. The Bertz CT molecular complexity index is 526. The molecule has 192 valence electrons. The zero-order chi connectivity index (χ0) is 23.7. The first-order valence-electron chi connectivity index (χ1n) is 14.0. The molecule has 2 aliphatic rings. The van der Waals surface area contributed by atoms with E-state index in [1.54, 1.807) is 0 Å². The highest BCUT2D eigenvalue weighted by molar-refractivity contribution is 5.78. The summed E-state index contributed by atoms with van der Waals surface area (Å²) in [5.41, 5.74) is 0. The Morgan fingerprint density at radius 2 is 1.33 bits per heavy atom. The van der Waals surface area contributed by atoms with Gasteiger partial charge in [0.1, 0.15) is 5.78 Å². The summed E-state index contributed by atoms with van der Waals surface area (Å²) in [5, 5.41) is 6.43. The minimum absolute atomic E-state index is 0.204. The summed E-state index contributed by atoms with van der Waals surface area (Å²) in [6.07, 6.45) is 13.6. The van der Waals surface area contributed by atoms with Gasteiger partial charge in [0.25, 0.3) is 0 Å². The van der Waals surface area contributed by atoms with E-state index in [1.165, 1.54) is 58.0 Å². The predicted octanol–water partition coefficient (Wildman–Crippen LogP) is 3.85. The van der Waals surface area contributed by atoms with Crippen LogP contribution in [0.25, 0.3) is 0 Å². The van der Waals surface area contributed by atoms with Crippen LogP contribution in [0.4, 0.5) is 0 Å². The molecule has 0 saturated carbocycles. The van der Waals surface area contributed by atoms with E-state index in [0.29, 0.717) is 18.6 Å². The molecular weight excluding hydrogens is 412 g/mol. The zero-order valence-electron chi connectivity index (χ0n) is 21.7. The third-order valence-corrected chi connectivity index (χ3v) is 7.67. The van der Waals surface area contributed by atoms with Crippen LogP contribution in [-0.2, 0) is 9.59 Å². The Morgan fingerprint density at radius 3 is 1.88 bits per heavy atom. The van der Waals surface area contributed by atoms with Crippen molar-refractivity contribution in [2.75, 3.05) is 58.9 Å². The predicted molar refractivity (Wildman–Crippen MR) is 137 cm³/mol. The molecule has 0 aliphatic carbocycles. The van der Waals surface area contributed by atoms with Gasteiger partial charge in [-0.3, -0.25) is 9.59 Å². The SMILES string of the molecule is CCCNCCCNC(=O)CCN1CCC(CCCC2CCN(CCC(=O)CC)CC2)CC1. The number of likely N-dealkylation sites (tertiary alicyclic amines) is 2. The molecule has 2 N–H and O–H groups in total. The van der Waals surface area contributed by atoms with Crippen molar-refractivity contribution in [1.29, 1.82) is 0 Å². The molecule has 2 rings (SSSR count). The monoisotopic (exact) mass is 464 g/mol. The number of rotatable bonds is 17. The number of piperidine rings is 2. The first kappa shape index (κ1) is 28.3. The molecule has 0 aromatic heterocycles. The van der Waals surface area contributed by atoms with E-state index in [0.717, 1.165) is 76.9 Å². The summed E-state index contributed by atoms with van der Waals surface area (Å²) < 4.78 is 0. The van der Waals surface area contributed by atoms with E-state index >= 15 is 0 Å². The zero-order valence-corrected chi connectivity index (χ0v) is 21.7. The smallest absolute Gasteiger partial charge is 0.221 e. The second-order valence-electron chi connectivity index (χ2n) is 10.3. The lowest BCUT2D eigenvalue weighted by molar-refractivity contribution is -0.121. The largest absolute Gasteiger partial charge is 0.356 e. The Balaban J connectivity index is 1.43. The van der Waals surface area contributed by atoms with Crippen LogP contribution in [0.2, 0.25) is 0 Å². The first-order valence-corrected chi connectivity index (χ1v) is 14.0. The average Bonchev–Trinajstić information content (AvgIpc) is 2.85. The van der Waals surface area contributed by atoms with Gasteiger partial charge in [0.15, 0.2) is 0 Å².